The van der Waals surface area contributed by atoms with E-state index in [4.69, 9.17) is 10.0 Å². The van der Waals surface area contributed by atoms with Gasteiger partial charge < -0.3 is 10.0 Å². The molecule has 1 aliphatic rings. The lowest BCUT2D eigenvalue weighted by Crippen LogP contribution is -2.44. The van der Waals surface area contributed by atoms with E-state index in [9.17, 15) is 4.39 Å². The van der Waals surface area contributed by atoms with E-state index in [2.05, 4.69) is 18.7 Å². The van der Waals surface area contributed by atoms with Crippen LogP contribution in [0.1, 0.15) is 19.4 Å². The van der Waals surface area contributed by atoms with Gasteiger partial charge in [0, 0.05) is 35.7 Å². The molecule has 1 aromatic rings. The predicted octanol–water partition coefficient (Wildman–Crippen LogP) is 0.831. The molecule has 104 valence electrons. The molecule has 3 nitrogen and oxygen atoms in total. The molecule has 0 radical (unpaired) electrons. The lowest BCUT2D eigenvalue weighted by atomic mass is 9.80. The van der Waals surface area contributed by atoms with Crippen LogP contribution in [-0.2, 0) is 6.54 Å². The first-order chi connectivity index (χ1) is 8.99. The van der Waals surface area contributed by atoms with Gasteiger partial charge in [0.25, 0.3) is 0 Å². The van der Waals surface area contributed by atoms with Crippen LogP contribution in [0.3, 0.4) is 0 Å². The molecule has 1 aliphatic heterocycles. The minimum Gasteiger partial charge on any atom is -0.423 e. The van der Waals surface area contributed by atoms with Crippen molar-refractivity contribution in [2.75, 3.05) is 12.3 Å². The zero-order valence-corrected chi connectivity index (χ0v) is 12.0. The summed E-state index contributed by atoms with van der Waals surface area (Å²) in [5.74, 6) is 0.698. The third-order valence-corrected chi connectivity index (χ3v) is 5.10. The molecule has 2 rings (SSSR count). The Hall–Kier alpha value is -0.555. The third kappa shape index (κ3) is 3.51. The highest BCUT2D eigenvalue weighted by Crippen LogP contribution is 2.25. The van der Waals surface area contributed by atoms with Crippen LogP contribution >= 0.6 is 11.8 Å². The molecule has 0 bridgehead atoms. The number of nitrogens with zero attached hydrogens (tertiary/aromatic N) is 1. The molecule has 1 fully saturated rings. The van der Waals surface area contributed by atoms with Gasteiger partial charge in [0.1, 0.15) is 5.82 Å². The van der Waals surface area contributed by atoms with Gasteiger partial charge in [-0.05, 0) is 18.5 Å². The van der Waals surface area contributed by atoms with E-state index in [1.54, 1.807) is 12.1 Å². The zero-order valence-electron chi connectivity index (χ0n) is 11.2. The number of halogens is 1. The number of thioether (sulfide) groups is 1. The van der Waals surface area contributed by atoms with Crippen LogP contribution in [0.25, 0.3) is 0 Å². The van der Waals surface area contributed by atoms with Gasteiger partial charge in [0.05, 0.1) is 0 Å². The standard InChI is InChI=1S/C13H19BFNO2S/c1-9-10(2)19-6-5-16(9)8-11-3-4-12(14(17)18)7-13(11)15/h3-4,7,9-10,17-18H,5-6,8H2,1-2H3. The monoisotopic (exact) mass is 283 g/mol. The summed E-state index contributed by atoms with van der Waals surface area (Å²) in [6.07, 6.45) is 0. The molecule has 1 saturated heterocycles. The smallest absolute Gasteiger partial charge is 0.423 e. The fourth-order valence-corrected chi connectivity index (χ4v) is 3.45. The molecule has 0 spiro atoms. The summed E-state index contributed by atoms with van der Waals surface area (Å²) in [6.45, 7) is 5.89. The van der Waals surface area contributed by atoms with Gasteiger partial charge in [-0.25, -0.2) is 4.39 Å². The van der Waals surface area contributed by atoms with Crippen LogP contribution in [-0.4, -0.2) is 45.7 Å². The minimum absolute atomic E-state index is 0.192. The van der Waals surface area contributed by atoms with Gasteiger partial charge in [-0.1, -0.05) is 19.1 Å². The maximum absolute atomic E-state index is 13.9. The molecule has 2 atom stereocenters. The highest BCUT2D eigenvalue weighted by atomic mass is 32.2. The van der Waals surface area contributed by atoms with Gasteiger partial charge in [0.2, 0.25) is 0 Å². The second kappa shape index (κ2) is 6.26. The molecular formula is C13H19BFNO2S. The number of hydrogen-bond donors (Lipinski definition) is 2. The first kappa shape index (κ1) is 14.8. The van der Waals surface area contributed by atoms with Crippen molar-refractivity contribution in [2.45, 2.75) is 31.7 Å². The Kier molecular flexibility index (Phi) is 4.89. The Bertz CT molecular complexity index is 447. The number of benzene rings is 1. The van der Waals surface area contributed by atoms with Crippen LogP contribution in [0.4, 0.5) is 4.39 Å². The molecule has 0 saturated carbocycles. The maximum Gasteiger partial charge on any atom is 0.488 e. The molecule has 0 aromatic heterocycles. The summed E-state index contributed by atoms with van der Waals surface area (Å²) < 4.78 is 13.9. The fourth-order valence-electron chi connectivity index (χ4n) is 2.29. The lowest BCUT2D eigenvalue weighted by molar-refractivity contribution is 0.202. The maximum atomic E-state index is 13.9. The van der Waals surface area contributed by atoms with Crippen molar-refractivity contribution in [2.24, 2.45) is 0 Å². The van der Waals surface area contributed by atoms with Crippen molar-refractivity contribution >= 4 is 24.3 Å². The van der Waals surface area contributed by atoms with Crippen molar-refractivity contribution in [1.29, 1.82) is 0 Å². The Morgan fingerprint density at radius 2 is 2.16 bits per heavy atom. The summed E-state index contributed by atoms with van der Waals surface area (Å²) in [5, 5.41) is 18.6. The Morgan fingerprint density at radius 1 is 1.42 bits per heavy atom. The van der Waals surface area contributed by atoms with Crippen LogP contribution in [0, 0.1) is 5.82 Å². The molecular weight excluding hydrogens is 264 g/mol. The van der Waals surface area contributed by atoms with Crippen molar-refractivity contribution in [3.05, 3.63) is 29.6 Å². The second-order valence-electron chi connectivity index (χ2n) is 5.01. The summed E-state index contributed by atoms with van der Waals surface area (Å²) in [6, 6.07) is 4.83. The summed E-state index contributed by atoms with van der Waals surface area (Å²) >= 11 is 1.95. The van der Waals surface area contributed by atoms with Crippen LogP contribution < -0.4 is 5.46 Å². The number of hydrogen-bond acceptors (Lipinski definition) is 4. The van der Waals surface area contributed by atoms with Gasteiger partial charge in [-0.3, -0.25) is 4.90 Å². The average Bonchev–Trinajstić information content (AvgIpc) is 2.37. The van der Waals surface area contributed by atoms with Gasteiger partial charge in [0.15, 0.2) is 0 Å². The third-order valence-electron chi connectivity index (χ3n) is 3.76. The normalized spacial score (nSPS) is 24.5. The SMILES string of the molecule is CC1SCCN(Cc2ccc(B(O)O)cc2F)C1C. The lowest BCUT2D eigenvalue weighted by Gasteiger charge is -2.37. The van der Waals surface area contributed by atoms with Gasteiger partial charge >= 0.3 is 7.12 Å². The highest BCUT2D eigenvalue weighted by Gasteiger charge is 2.26. The Labute approximate surface area is 118 Å². The molecule has 2 N–H and O–H groups in total. The topological polar surface area (TPSA) is 43.7 Å². The van der Waals surface area contributed by atoms with E-state index in [1.807, 2.05) is 11.8 Å². The average molecular weight is 283 g/mol. The van der Waals surface area contributed by atoms with Crippen molar-refractivity contribution in [3.63, 3.8) is 0 Å². The fraction of sp³-hybridized carbons (Fsp3) is 0.538. The summed E-state index contributed by atoms with van der Waals surface area (Å²) in [7, 11) is -1.62. The quantitative estimate of drug-likeness (QED) is 0.807. The van der Waals surface area contributed by atoms with Gasteiger partial charge in [-0.15, -0.1) is 0 Å². The minimum atomic E-state index is -1.62. The first-order valence-corrected chi connectivity index (χ1v) is 7.54. The molecule has 0 amide bonds. The molecule has 0 aliphatic carbocycles. The van der Waals surface area contributed by atoms with Crippen molar-refractivity contribution in [3.8, 4) is 0 Å². The molecule has 19 heavy (non-hydrogen) atoms. The van der Waals surface area contributed by atoms with Crippen LogP contribution in [0.5, 0.6) is 0 Å². The highest BCUT2D eigenvalue weighted by molar-refractivity contribution is 8.00. The van der Waals surface area contributed by atoms with E-state index in [0.717, 1.165) is 12.3 Å². The van der Waals surface area contributed by atoms with E-state index in [-0.39, 0.29) is 11.3 Å². The Morgan fingerprint density at radius 3 is 2.79 bits per heavy atom. The molecule has 1 heterocycles. The van der Waals surface area contributed by atoms with E-state index >= 15 is 0 Å². The molecule has 2 unspecified atom stereocenters. The van der Waals surface area contributed by atoms with E-state index in [0.29, 0.717) is 23.4 Å². The predicted molar refractivity (Wildman–Crippen MR) is 78.0 cm³/mol. The van der Waals surface area contributed by atoms with Crippen LogP contribution in [0.2, 0.25) is 0 Å². The van der Waals surface area contributed by atoms with E-state index < -0.39 is 7.12 Å². The van der Waals surface area contributed by atoms with Crippen molar-refractivity contribution < 1.29 is 14.4 Å². The zero-order chi connectivity index (χ0) is 14.0. The van der Waals surface area contributed by atoms with E-state index in [1.165, 1.54) is 6.07 Å². The number of rotatable bonds is 3. The molecule has 1 aromatic carbocycles. The second-order valence-corrected chi connectivity index (χ2v) is 6.50. The molecule has 6 heteroatoms. The largest absolute Gasteiger partial charge is 0.488 e. The van der Waals surface area contributed by atoms with Crippen LogP contribution in [0.15, 0.2) is 18.2 Å². The summed E-state index contributed by atoms with van der Waals surface area (Å²) in [5.41, 5.74) is 0.798. The van der Waals surface area contributed by atoms with Gasteiger partial charge in [-0.2, -0.15) is 11.8 Å². The summed E-state index contributed by atoms with van der Waals surface area (Å²) in [4.78, 5) is 2.27. The first-order valence-electron chi connectivity index (χ1n) is 6.49. The Balaban J connectivity index is 2.10. The van der Waals surface area contributed by atoms with Crippen molar-refractivity contribution in [1.82, 2.24) is 4.90 Å².